The minimum absolute atomic E-state index is 0.250. The SMILES string of the molecule is O=C(NCCCCCCNC(=O)C1OC2OC1C(=O)N(Cc1ccccc1)C2Cc1ccccc1)C1OC2OC1C(=O)N(Cc1ccccc1)C2Cc1ccccc1. The molecule has 12 nitrogen and oxygen atoms in total. The van der Waals surface area contributed by atoms with E-state index in [1.807, 2.05) is 121 Å². The first kappa shape index (κ1) is 39.4. The van der Waals surface area contributed by atoms with Gasteiger partial charge in [0.05, 0.1) is 12.1 Å². The molecule has 4 aliphatic rings. The van der Waals surface area contributed by atoms with Crippen LogP contribution in [0.3, 0.4) is 0 Å². The average molecular weight is 787 g/mol. The molecule has 0 radical (unpaired) electrons. The molecule has 4 aliphatic heterocycles. The van der Waals surface area contributed by atoms with Gasteiger partial charge in [-0.25, -0.2) is 0 Å². The molecule has 4 aromatic carbocycles. The Hall–Kier alpha value is -5.40. The summed E-state index contributed by atoms with van der Waals surface area (Å²) in [7, 11) is 0. The van der Waals surface area contributed by atoms with Crippen LogP contribution in [-0.4, -0.2) is 95.6 Å². The van der Waals surface area contributed by atoms with Gasteiger partial charge >= 0.3 is 0 Å². The first-order valence-corrected chi connectivity index (χ1v) is 20.4. The highest BCUT2D eigenvalue weighted by Crippen LogP contribution is 2.36. The molecule has 12 heteroatoms. The zero-order chi connectivity index (χ0) is 39.8. The Bertz CT molecular complexity index is 1860. The minimum Gasteiger partial charge on any atom is -0.354 e. The van der Waals surface area contributed by atoms with Crippen LogP contribution < -0.4 is 10.6 Å². The van der Waals surface area contributed by atoms with Gasteiger partial charge in [-0.2, -0.15) is 0 Å². The molecule has 4 bridgehead atoms. The summed E-state index contributed by atoms with van der Waals surface area (Å²) in [6.45, 7) is 1.63. The van der Waals surface area contributed by atoms with E-state index in [1.165, 1.54) is 0 Å². The molecule has 4 fully saturated rings. The fourth-order valence-corrected chi connectivity index (χ4v) is 8.31. The van der Waals surface area contributed by atoms with Crippen LogP contribution in [0.4, 0.5) is 0 Å². The number of rotatable bonds is 17. The zero-order valence-electron chi connectivity index (χ0n) is 32.4. The van der Waals surface area contributed by atoms with Crippen LogP contribution in [0, 0.1) is 0 Å². The van der Waals surface area contributed by atoms with E-state index >= 15 is 0 Å². The maximum atomic E-state index is 13.8. The van der Waals surface area contributed by atoms with Crippen molar-refractivity contribution in [2.75, 3.05) is 13.1 Å². The van der Waals surface area contributed by atoms with Crippen molar-refractivity contribution in [3.05, 3.63) is 144 Å². The van der Waals surface area contributed by atoms with Gasteiger partial charge in [0.1, 0.15) is 0 Å². The largest absolute Gasteiger partial charge is 0.354 e. The lowest BCUT2D eigenvalue weighted by molar-refractivity contribution is -0.177. The number of hydrogen-bond acceptors (Lipinski definition) is 8. The standard InChI is InChI=1S/C46H50N4O8/c51-41(37-39-43(53)49(29-33-21-11-5-12-22-33)35(45(55-37)57-39)27-31-17-7-3-8-18-31)47-25-15-1-2-16-26-48-42(52)38-40-44(54)50(30-34-23-13-6-14-24-34)36(46(56-38)58-40)28-32-19-9-4-10-20-32/h3-14,17-24,35-40,45-46H,1-2,15-16,25-30H2,(H,47,51)(H,48,52). The fraction of sp³-hybridized carbons (Fsp3) is 0.391. The number of unbranched alkanes of at least 4 members (excludes halogenated alkanes) is 3. The third-order valence-electron chi connectivity index (χ3n) is 11.3. The Balaban J connectivity index is 0.781. The Morgan fingerprint density at radius 1 is 0.466 bits per heavy atom. The van der Waals surface area contributed by atoms with Crippen molar-refractivity contribution in [3.63, 3.8) is 0 Å². The van der Waals surface area contributed by atoms with Gasteiger partial charge in [0.25, 0.3) is 23.6 Å². The van der Waals surface area contributed by atoms with Gasteiger partial charge in [0.2, 0.25) is 0 Å². The second kappa shape index (κ2) is 18.5. The molecule has 0 aliphatic carbocycles. The normalized spacial score (nSPS) is 26.1. The molecule has 0 spiro atoms. The van der Waals surface area contributed by atoms with E-state index in [-0.39, 0.29) is 35.7 Å². The van der Waals surface area contributed by atoms with Gasteiger partial charge in [0.15, 0.2) is 37.0 Å². The summed E-state index contributed by atoms with van der Waals surface area (Å²) in [5, 5.41) is 5.89. The van der Waals surface area contributed by atoms with Crippen molar-refractivity contribution >= 4 is 23.6 Å². The molecule has 8 unspecified atom stereocenters. The first-order valence-electron chi connectivity index (χ1n) is 20.4. The highest BCUT2D eigenvalue weighted by Gasteiger charge is 2.56. The number of benzene rings is 4. The third kappa shape index (κ3) is 9.00. The first-order chi connectivity index (χ1) is 28.4. The van der Waals surface area contributed by atoms with E-state index in [1.54, 1.807) is 9.80 Å². The van der Waals surface area contributed by atoms with Crippen molar-refractivity contribution in [1.82, 2.24) is 20.4 Å². The summed E-state index contributed by atoms with van der Waals surface area (Å²) in [6.07, 6.45) is -1.38. The lowest BCUT2D eigenvalue weighted by atomic mass is 10.0. The van der Waals surface area contributed by atoms with Crippen molar-refractivity contribution in [2.45, 2.75) is 101 Å². The maximum Gasteiger partial charge on any atom is 0.255 e. The van der Waals surface area contributed by atoms with Crippen molar-refractivity contribution in [2.24, 2.45) is 0 Å². The summed E-state index contributed by atoms with van der Waals surface area (Å²) in [5.74, 6) is -1.22. The lowest BCUT2D eigenvalue weighted by Crippen LogP contribution is -2.56. The average Bonchev–Trinajstić information content (AvgIpc) is 3.87. The number of carbonyl (C=O) groups is 4. The summed E-state index contributed by atoms with van der Waals surface area (Å²) >= 11 is 0. The molecule has 2 N–H and O–H groups in total. The molecule has 8 rings (SSSR count). The molecule has 58 heavy (non-hydrogen) atoms. The Labute approximate surface area is 338 Å². The molecule has 4 aromatic rings. The van der Waals surface area contributed by atoms with Crippen molar-refractivity contribution in [1.29, 1.82) is 0 Å². The van der Waals surface area contributed by atoms with Gasteiger partial charge in [-0.1, -0.05) is 134 Å². The van der Waals surface area contributed by atoms with Crippen LogP contribution in [0.15, 0.2) is 121 Å². The quantitative estimate of drug-likeness (QED) is 0.151. The molecule has 302 valence electrons. The van der Waals surface area contributed by atoms with Crippen LogP contribution in [0.2, 0.25) is 0 Å². The van der Waals surface area contributed by atoms with E-state index in [0.29, 0.717) is 51.9 Å². The zero-order valence-corrected chi connectivity index (χ0v) is 32.4. The fourth-order valence-electron chi connectivity index (χ4n) is 8.31. The Morgan fingerprint density at radius 2 is 0.810 bits per heavy atom. The van der Waals surface area contributed by atoms with E-state index in [9.17, 15) is 19.2 Å². The van der Waals surface area contributed by atoms with Gasteiger partial charge in [-0.05, 0) is 47.9 Å². The smallest absolute Gasteiger partial charge is 0.255 e. The number of hydrogen-bond donors (Lipinski definition) is 2. The second-order valence-corrected chi connectivity index (χ2v) is 15.4. The van der Waals surface area contributed by atoms with Gasteiger partial charge in [0, 0.05) is 26.2 Å². The van der Waals surface area contributed by atoms with Gasteiger partial charge < -0.3 is 39.4 Å². The summed E-state index contributed by atoms with van der Waals surface area (Å²) in [5.41, 5.74) is 4.09. The van der Waals surface area contributed by atoms with Crippen LogP contribution in [0.5, 0.6) is 0 Å². The number of amides is 4. The molecular formula is C46H50N4O8. The molecule has 4 saturated heterocycles. The Kier molecular flexibility index (Phi) is 12.5. The number of ether oxygens (including phenoxy) is 4. The molecule has 4 amide bonds. The van der Waals surface area contributed by atoms with E-state index in [4.69, 9.17) is 18.9 Å². The molecule has 4 heterocycles. The maximum absolute atomic E-state index is 13.8. The minimum atomic E-state index is -1.03. The van der Waals surface area contributed by atoms with E-state index < -0.39 is 37.0 Å². The predicted octanol–water partition coefficient (Wildman–Crippen LogP) is 4.31. The number of nitrogens with one attached hydrogen (secondary N) is 2. The van der Waals surface area contributed by atoms with Crippen LogP contribution >= 0.6 is 0 Å². The van der Waals surface area contributed by atoms with Gasteiger partial charge in [-0.15, -0.1) is 0 Å². The van der Waals surface area contributed by atoms with Crippen molar-refractivity contribution in [3.8, 4) is 0 Å². The van der Waals surface area contributed by atoms with Crippen LogP contribution in [-0.2, 0) is 64.1 Å². The molecule has 0 aromatic heterocycles. The highest BCUT2D eigenvalue weighted by atomic mass is 16.7. The Morgan fingerprint density at radius 3 is 1.17 bits per heavy atom. The van der Waals surface area contributed by atoms with Crippen molar-refractivity contribution < 1.29 is 38.1 Å². The predicted molar refractivity (Wildman–Crippen MR) is 213 cm³/mol. The summed E-state index contributed by atoms with van der Waals surface area (Å²) in [6, 6.07) is 38.6. The number of nitrogens with zero attached hydrogens (tertiary/aromatic N) is 2. The van der Waals surface area contributed by atoms with E-state index in [2.05, 4.69) is 10.6 Å². The molecule has 8 atom stereocenters. The third-order valence-corrected chi connectivity index (χ3v) is 11.3. The van der Waals surface area contributed by atoms with E-state index in [0.717, 1.165) is 35.1 Å². The monoisotopic (exact) mass is 786 g/mol. The number of morpholine rings is 2. The lowest BCUT2D eigenvalue weighted by Gasteiger charge is -2.38. The second-order valence-electron chi connectivity index (χ2n) is 15.4. The van der Waals surface area contributed by atoms with Crippen LogP contribution in [0.1, 0.15) is 47.9 Å². The highest BCUT2D eigenvalue weighted by molar-refractivity contribution is 5.93. The number of carbonyl (C=O) groups excluding carboxylic acids is 4. The topological polar surface area (TPSA) is 136 Å². The number of fused-ring (bicyclic) bond motifs is 4. The molecular weight excluding hydrogens is 737 g/mol. The van der Waals surface area contributed by atoms with Gasteiger partial charge in [-0.3, -0.25) is 19.2 Å². The summed E-state index contributed by atoms with van der Waals surface area (Å²) < 4.78 is 24.5. The summed E-state index contributed by atoms with van der Waals surface area (Å²) in [4.78, 5) is 57.9. The van der Waals surface area contributed by atoms with Crippen LogP contribution in [0.25, 0.3) is 0 Å². The molecule has 0 saturated carbocycles.